The Morgan fingerprint density at radius 2 is 1.94 bits per heavy atom. The van der Waals surface area contributed by atoms with Gasteiger partial charge in [0.05, 0.1) is 0 Å². The Kier molecular flexibility index (Phi) is 4.37. The van der Waals surface area contributed by atoms with Crippen LogP contribution in [0, 0.1) is 0 Å². The minimum absolute atomic E-state index is 0.115. The lowest BCUT2D eigenvalue weighted by atomic mass is 10.0. The van der Waals surface area contributed by atoms with Gasteiger partial charge < -0.3 is 10.1 Å². The van der Waals surface area contributed by atoms with Crippen molar-refractivity contribution in [2.24, 2.45) is 0 Å². The molecule has 1 rings (SSSR count). The van der Waals surface area contributed by atoms with Crippen molar-refractivity contribution in [1.29, 1.82) is 0 Å². The van der Waals surface area contributed by atoms with Crippen LogP contribution in [0.1, 0.15) is 40.0 Å². The van der Waals surface area contributed by atoms with Crippen LogP contribution in [0.2, 0.25) is 0 Å². The van der Waals surface area contributed by atoms with E-state index in [1.807, 2.05) is 20.8 Å². The van der Waals surface area contributed by atoms with Crippen molar-refractivity contribution in [3.8, 4) is 0 Å². The molecule has 1 N–H and O–H groups in total. The number of nitrogens with zero attached hydrogens (tertiary/aromatic N) is 1. The van der Waals surface area contributed by atoms with Crippen LogP contribution in [-0.4, -0.2) is 42.1 Å². The highest BCUT2D eigenvalue weighted by Crippen LogP contribution is 2.20. The number of likely N-dealkylation sites (tertiary alicyclic amines) is 1. The smallest absolute Gasteiger partial charge is 0.410 e. The third-order valence-corrected chi connectivity index (χ3v) is 2.68. The number of ether oxygens (including phenoxy) is 1. The molecule has 1 fully saturated rings. The first kappa shape index (κ1) is 13.8. The quantitative estimate of drug-likeness (QED) is 0.758. The lowest BCUT2D eigenvalue weighted by Gasteiger charge is -2.35. The van der Waals surface area contributed by atoms with E-state index in [1.165, 1.54) is 4.90 Å². The highest BCUT2D eigenvalue weighted by atomic mass is 16.6. The number of nitrogens with one attached hydrogen (secondary N) is 1. The van der Waals surface area contributed by atoms with Crippen LogP contribution >= 0.6 is 0 Å². The second-order valence-electron chi connectivity index (χ2n) is 5.30. The molecule has 17 heavy (non-hydrogen) atoms. The fraction of sp³-hybridized carbons (Fsp3) is 0.833. The van der Waals surface area contributed by atoms with Crippen LogP contribution in [0.5, 0.6) is 0 Å². The summed E-state index contributed by atoms with van der Waals surface area (Å²) in [7, 11) is 1.59. The molecule has 0 radical (unpaired) electrons. The highest BCUT2D eigenvalue weighted by Gasteiger charge is 2.34. The molecule has 0 bridgehead atoms. The summed E-state index contributed by atoms with van der Waals surface area (Å²) in [6, 6.07) is -0.386. The van der Waals surface area contributed by atoms with Crippen LogP contribution in [0.25, 0.3) is 0 Å². The summed E-state index contributed by atoms with van der Waals surface area (Å²) in [5.41, 5.74) is -0.526. The molecule has 0 unspecified atom stereocenters. The summed E-state index contributed by atoms with van der Waals surface area (Å²) in [6.45, 7) is 6.06. The topological polar surface area (TPSA) is 58.6 Å². The second-order valence-corrected chi connectivity index (χ2v) is 5.30. The molecule has 0 aromatic heterocycles. The molecule has 1 aliphatic heterocycles. The van der Waals surface area contributed by atoms with Crippen LogP contribution in [0.3, 0.4) is 0 Å². The predicted octanol–water partition coefficient (Wildman–Crippen LogP) is 1.52. The van der Waals surface area contributed by atoms with Gasteiger partial charge in [0.25, 0.3) is 0 Å². The van der Waals surface area contributed by atoms with E-state index < -0.39 is 11.7 Å². The SMILES string of the molecule is CNC(=O)[C@@H]1CCCCN1C(=O)OC(C)(C)C. The Balaban J connectivity index is 2.71. The van der Waals surface area contributed by atoms with Crippen LogP contribution in [0.15, 0.2) is 0 Å². The number of hydrogen-bond acceptors (Lipinski definition) is 3. The maximum absolute atomic E-state index is 12.0. The monoisotopic (exact) mass is 242 g/mol. The molecule has 2 amide bonds. The van der Waals surface area contributed by atoms with Gasteiger partial charge in [-0.3, -0.25) is 9.69 Å². The number of hydrogen-bond donors (Lipinski definition) is 1. The average molecular weight is 242 g/mol. The van der Waals surface area contributed by atoms with E-state index in [1.54, 1.807) is 7.05 Å². The first-order valence-corrected chi connectivity index (χ1v) is 6.06. The van der Waals surface area contributed by atoms with Crippen molar-refractivity contribution in [1.82, 2.24) is 10.2 Å². The van der Waals surface area contributed by atoms with Crippen LogP contribution in [-0.2, 0) is 9.53 Å². The average Bonchev–Trinajstić information content (AvgIpc) is 2.25. The van der Waals surface area contributed by atoms with Crippen LogP contribution in [0.4, 0.5) is 4.79 Å². The first-order chi connectivity index (χ1) is 7.85. The van der Waals surface area contributed by atoms with Crippen molar-refractivity contribution in [3.05, 3.63) is 0 Å². The van der Waals surface area contributed by atoms with Crippen molar-refractivity contribution in [2.75, 3.05) is 13.6 Å². The van der Waals surface area contributed by atoms with Crippen molar-refractivity contribution < 1.29 is 14.3 Å². The number of likely N-dealkylation sites (N-methyl/N-ethyl adjacent to an activating group) is 1. The van der Waals surface area contributed by atoms with Gasteiger partial charge in [0.1, 0.15) is 11.6 Å². The fourth-order valence-electron chi connectivity index (χ4n) is 1.91. The van der Waals surface area contributed by atoms with E-state index in [0.29, 0.717) is 13.0 Å². The van der Waals surface area contributed by atoms with E-state index in [4.69, 9.17) is 4.74 Å². The standard InChI is InChI=1S/C12H22N2O3/c1-12(2,3)17-11(16)14-8-6-5-7-9(14)10(15)13-4/h9H,5-8H2,1-4H3,(H,13,15)/t9-/m0/s1. The van der Waals surface area contributed by atoms with Gasteiger partial charge in [-0.2, -0.15) is 0 Å². The summed E-state index contributed by atoms with van der Waals surface area (Å²) in [6.07, 6.45) is 2.20. The number of piperidine rings is 1. The molecule has 0 aromatic carbocycles. The highest BCUT2D eigenvalue weighted by molar-refractivity contribution is 5.85. The van der Waals surface area contributed by atoms with Gasteiger partial charge in [0.2, 0.25) is 5.91 Å². The van der Waals surface area contributed by atoms with Crippen molar-refractivity contribution in [3.63, 3.8) is 0 Å². The molecule has 1 atom stereocenters. The molecule has 1 heterocycles. The maximum atomic E-state index is 12.0. The van der Waals surface area contributed by atoms with Gasteiger partial charge in [-0.15, -0.1) is 0 Å². The minimum atomic E-state index is -0.526. The molecule has 0 saturated carbocycles. The molecular weight excluding hydrogens is 220 g/mol. The van der Waals surface area contributed by atoms with E-state index in [-0.39, 0.29) is 11.9 Å². The molecule has 5 nitrogen and oxygen atoms in total. The molecule has 5 heteroatoms. The van der Waals surface area contributed by atoms with E-state index in [2.05, 4.69) is 5.32 Å². The zero-order valence-corrected chi connectivity index (χ0v) is 11.1. The van der Waals surface area contributed by atoms with Gasteiger partial charge in [0.15, 0.2) is 0 Å². The van der Waals surface area contributed by atoms with Crippen LogP contribution < -0.4 is 5.32 Å². The molecule has 1 saturated heterocycles. The Morgan fingerprint density at radius 3 is 2.47 bits per heavy atom. The zero-order chi connectivity index (χ0) is 13.1. The largest absolute Gasteiger partial charge is 0.444 e. The molecule has 0 aliphatic carbocycles. The summed E-state index contributed by atoms with van der Waals surface area (Å²) in [4.78, 5) is 25.2. The minimum Gasteiger partial charge on any atom is -0.444 e. The molecule has 1 aliphatic rings. The molecule has 0 aromatic rings. The Morgan fingerprint density at radius 1 is 1.29 bits per heavy atom. The van der Waals surface area contributed by atoms with Gasteiger partial charge in [-0.1, -0.05) is 0 Å². The third kappa shape index (κ3) is 3.91. The van der Waals surface area contributed by atoms with Gasteiger partial charge in [0, 0.05) is 13.6 Å². The second kappa shape index (κ2) is 5.38. The Bertz CT molecular complexity index is 297. The number of carbonyl (C=O) groups is 2. The first-order valence-electron chi connectivity index (χ1n) is 6.06. The summed E-state index contributed by atoms with van der Waals surface area (Å²) >= 11 is 0. The Hall–Kier alpha value is -1.26. The number of carbonyl (C=O) groups excluding carboxylic acids is 2. The summed E-state index contributed by atoms with van der Waals surface area (Å²) < 4.78 is 5.31. The fourth-order valence-corrected chi connectivity index (χ4v) is 1.91. The number of amides is 2. The maximum Gasteiger partial charge on any atom is 0.410 e. The van der Waals surface area contributed by atoms with Crippen molar-refractivity contribution in [2.45, 2.75) is 51.7 Å². The zero-order valence-electron chi connectivity index (χ0n) is 11.1. The lowest BCUT2D eigenvalue weighted by Crippen LogP contribution is -2.52. The number of rotatable bonds is 1. The Labute approximate surface area is 102 Å². The molecule has 98 valence electrons. The molecular formula is C12H22N2O3. The lowest BCUT2D eigenvalue weighted by molar-refractivity contribution is -0.127. The third-order valence-electron chi connectivity index (χ3n) is 2.68. The normalized spacial score (nSPS) is 20.9. The van der Waals surface area contributed by atoms with E-state index in [9.17, 15) is 9.59 Å². The van der Waals surface area contributed by atoms with Gasteiger partial charge in [-0.05, 0) is 40.0 Å². The van der Waals surface area contributed by atoms with E-state index >= 15 is 0 Å². The van der Waals surface area contributed by atoms with E-state index in [0.717, 1.165) is 12.8 Å². The summed E-state index contributed by atoms with van der Waals surface area (Å²) in [5.74, 6) is -0.115. The molecule has 0 spiro atoms. The summed E-state index contributed by atoms with van der Waals surface area (Å²) in [5, 5.41) is 2.59. The van der Waals surface area contributed by atoms with Gasteiger partial charge in [-0.25, -0.2) is 4.79 Å². The van der Waals surface area contributed by atoms with Crippen molar-refractivity contribution >= 4 is 12.0 Å². The van der Waals surface area contributed by atoms with Gasteiger partial charge >= 0.3 is 6.09 Å². The predicted molar refractivity (Wildman–Crippen MR) is 64.6 cm³/mol.